The van der Waals surface area contributed by atoms with Crippen LogP contribution in [0.15, 0.2) is 54.6 Å². The van der Waals surface area contributed by atoms with E-state index in [4.69, 9.17) is 5.73 Å². The lowest BCUT2D eigenvalue weighted by Gasteiger charge is -2.17. The van der Waals surface area contributed by atoms with Crippen molar-refractivity contribution >= 4 is 5.91 Å². The van der Waals surface area contributed by atoms with Gasteiger partial charge in [0, 0.05) is 18.2 Å². The average Bonchev–Trinajstić information content (AvgIpc) is 2.59. The van der Waals surface area contributed by atoms with Crippen molar-refractivity contribution in [2.75, 3.05) is 6.54 Å². The van der Waals surface area contributed by atoms with Gasteiger partial charge in [0.1, 0.15) is 0 Å². The van der Waals surface area contributed by atoms with E-state index in [9.17, 15) is 9.90 Å². The van der Waals surface area contributed by atoms with Crippen LogP contribution in [0.1, 0.15) is 40.9 Å². The molecule has 0 aliphatic rings. The fourth-order valence-electron chi connectivity index (χ4n) is 2.43. The first-order valence-corrected chi connectivity index (χ1v) is 7.91. The summed E-state index contributed by atoms with van der Waals surface area (Å²) in [5.74, 6) is -0.401. The lowest BCUT2D eigenvalue weighted by Crippen LogP contribution is -2.30. The highest BCUT2D eigenvalue weighted by Crippen LogP contribution is 2.12. The van der Waals surface area contributed by atoms with Crippen LogP contribution in [0.4, 0.5) is 0 Å². The van der Waals surface area contributed by atoms with Gasteiger partial charge in [0.15, 0.2) is 0 Å². The molecule has 2 rings (SSSR count). The molecule has 122 valence electrons. The van der Waals surface area contributed by atoms with Gasteiger partial charge >= 0.3 is 0 Å². The Morgan fingerprint density at radius 2 is 1.78 bits per heavy atom. The molecule has 4 nitrogen and oxygen atoms in total. The molecule has 0 aliphatic carbocycles. The second kappa shape index (κ2) is 8.46. The first-order valence-electron chi connectivity index (χ1n) is 7.91. The van der Waals surface area contributed by atoms with Crippen LogP contribution >= 0.6 is 0 Å². The van der Waals surface area contributed by atoms with Gasteiger partial charge in [-0.2, -0.15) is 0 Å². The van der Waals surface area contributed by atoms with Gasteiger partial charge in [0.05, 0.1) is 6.10 Å². The summed E-state index contributed by atoms with van der Waals surface area (Å²) >= 11 is 0. The maximum Gasteiger partial charge on any atom is 0.248 e. The van der Waals surface area contributed by atoms with Gasteiger partial charge < -0.3 is 16.2 Å². The van der Waals surface area contributed by atoms with E-state index >= 15 is 0 Å². The maximum atomic E-state index is 11.0. The molecule has 23 heavy (non-hydrogen) atoms. The van der Waals surface area contributed by atoms with Crippen molar-refractivity contribution in [2.24, 2.45) is 5.73 Å². The first kappa shape index (κ1) is 17.2. The Morgan fingerprint density at radius 3 is 2.39 bits per heavy atom. The van der Waals surface area contributed by atoms with Crippen LogP contribution in [0.3, 0.4) is 0 Å². The number of aryl methyl sites for hydroxylation is 1. The van der Waals surface area contributed by atoms with Crippen LogP contribution in [-0.2, 0) is 6.42 Å². The third kappa shape index (κ3) is 5.51. The van der Waals surface area contributed by atoms with E-state index in [1.54, 1.807) is 12.1 Å². The number of hydrogen-bond acceptors (Lipinski definition) is 3. The summed E-state index contributed by atoms with van der Waals surface area (Å²) in [5, 5.41) is 13.5. The Labute approximate surface area is 137 Å². The molecule has 0 radical (unpaired) electrons. The Bertz CT molecular complexity index is 611. The molecule has 2 aromatic carbocycles. The van der Waals surface area contributed by atoms with Gasteiger partial charge in [-0.3, -0.25) is 4.79 Å². The van der Waals surface area contributed by atoms with E-state index in [0.29, 0.717) is 18.2 Å². The number of carbonyl (C=O) groups excluding carboxylic acids is 1. The number of aliphatic hydroxyl groups excluding tert-OH is 1. The highest BCUT2D eigenvalue weighted by molar-refractivity contribution is 5.92. The third-order valence-electron chi connectivity index (χ3n) is 3.95. The van der Waals surface area contributed by atoms with Crippen molar-refractivity contribution in [2.45, 2.75) is 31.9 Å². The van der Waals surface area contributed by atoms with Gasteiger partial charge in [-0.05, 0) is 43.0 Å². The Balaban J connectivity index is 1.74. The number of primary amides is 1. The van der Waals surface area contributed by atoms with Crippen LogP contribution in [0.5, 0.6) is 0 Å². The molecule has 0 aromatic heterocycles. The second-order valence-electron chi connectivity index (χ2n) is 5.84. The third-order valence-corrected chi connectivity index (χ3v) is 3.95. The van der Waals surface area contributed by atoms with Gasteiger partial charge in [-0.25, -0.2) is 0 Å². The molecule has 0 aliphatic heterocycles. The maximum absolute atomic E-state index is 11.0. The van der Waals surface area contributed by atoms with Crippen LogP contribution in [0.2, 0.25) is 0 Å². The predicted octanol–water partition coefficient (Wildman–Crippen LogP) is 2.43. The summed E-state index contributed by atoms with van der Waals surface area (Å²) in [4.78, 5) is 11.0. The fourth-order valence-corrected chi connectivity index (χ4v) is 2.43. The molecule has 0 bridgehead atoms. The van der Waals surface area contributed by atoms with E-state index in [0.717, 1.165) is 18.4 Å². The molecule has 0 saturated carbocycles. The molecule has 2 aromatic rings. The second-order valence-corrected chi connectivity index (χ2v) is 5.84. The molecule has 1 amide bonds. The topological polar surface area (TPSA) is 75.4 Å². The summed E-state index contributed by atoms with van der Waals surface area (Å²) < 4.78 is 0. The number of nitrogens with two attached hydrogens (primary N) is 1. The number of hydrogen-bond donors (Lipinski definition) is 3. The van der Waals surface area contributed by atoms with Crippen LogP contribution in [0.25, 0.3) is 0 Å². The van der Waals surface area contributed by atoms with Crippen molar-refractivity contribution in [1.82, 2.24) is 5.32 Å². The summed E-state index contributed by atoms with van der Waals surface area (Å²) in [5.41, 5.74) is 7.86. The molecule has 0 heterocycles. The van der Waals surface area contributed by atoms with Crippen LogP contribution in [-0.4, -0.2) is 23.6 Å². The van der Waals surface area contributed by atoms with Crippen LogP contribution in [0, 0.1) is 0 Å². The number of nitrogens with one attached hydrogen (secondary N) is 1. The van der Waals surface area contributed by atoms with Crippen molar-refractivity contribution in [1.29, 1.82) is 0 Å². The number of rotatable bonds is 8. The number of benzene rings is 2. The Morgan fingerprint density at radius 1 is 1.13 bits per heavy atom. The zero-order valence-electron chi connectivity index (χ0n) is 13.4. The van der Waals surface area contributed by atoms with E-state index in [1.807, 2.05) is 42.5 Å². The predicted molar refractivity (Wildman–Crippen MR) is 92.1 cm³/mol. The first-order chi connectivity index (χ1) is 11.1. The minimum Gasteiger partial charge on any atom is -0.387 e. The Kier molecular flexibility index (Phi) is 6.32. The molecule has 0 fully saturated rings. The van der Waals surface area contributed by atoms with Gasteiger partial charge in [-0.1, -0.05) is 42.5 Å². The smallest absolute Gasteiger partial charge is 0.248 e. The number of carbonyl (C=O) groups is 1. The zero-order valence-corrected chi connectivity index (χ0v) is 13.4. The molecule has 0 spiro atoms. The fraction of sp³-hybridized carbons (Fsp3) is 0.316. The molecule has 4 heteroatoms. The van der Waals surface area contributed by atoms with Crippen molar-refractivity contribution in [3.8, 4) is 0 Å². The monoisotopic (exact) mass is 312 g/mol. The normalized spacial score (nSPS) is 13.5. The van der Waals surface area contributed by atoms with Gasteiger partial charge in [0.25, 0.3) is 0 Å². The molecule has 4 N–H and O–H groups in total. The van der Waals surface area contributed by atoms with Crippen molar-refractivity contribution in [3.05, 3.63) is 71.3 Å². The molecular weight excluding hydrogens is 288 g/mol. The van der Waals surface area contributed by atoms with Crippen molar-refractivity contribution in [3.63, 3.8) is 0 Å². The SMILES string of the molecule is C[C@H](CCc1ccc(C(N)=O)cc1)NC[C@@H](O)c1ccccc1. The van der Waals surface area contributed by atoms with Crippen molar-refractivity contribution < 1.29 is 9.90 Å². The van der Waals surface area contributed by atoms with E-state index in [-0.39, 0.29) is 0 Å². The summed E-state index contributed by atoms with van der Waals surface area (Å²) in [6.07, 6.45) is 1.38. The Hall–Kier alpha value is -2.17. The lowest BCUT2D eigenvalue weighted by atomic mass is 10.0. The highest BCUT2D eigenvalue weighted by atomic mass is 16.3. The standard InChI is InChI=1S/C19H24N2O2/c1-14(21-13-18(22)16-5-3-2-4-6-16)7-8-15-9-11-17(12-10-15)19(20)23/h2-6,9-12,14,18,21-22H,7-8,13H2,1H3,(H2,20,23)/t14-,18-/m1/s1. The lowest BCUT2D eigenvalue weighted by molar-refractivity contribution is 0.100. The van der Waals surface area contributed by atoms with Crippen LogP contribution < -0.4 is 11.1 Å². The number of aliphatic hydroxyl groups is 1. The largest absolute Gasteiger partial charge is 0.387 e. The average molecular weight is 312 g/mol. The summed E-state index contributed by atoms with van der Waals surface area (Å²) in [6, 6.07) is 17.3. The van der Waals surface area contributed by atoms with E-state index < -0.39 is 12.0 Å². The minimum atomic E-state index is -0.492. The van der Waals surface area contributed by atoms with E-state index in [2.05, 4.69) is 12.2 Å². The quantitative estimate of drug-likeness (QED) is 0.701. The molecular formula is C19H24N2O2. The summed E-state index contributed by atoms with van der Waals surface area (Å²) in [6.45, 7) is 2.64. The minimum absolute atomic E-state index is 0.296. The molecule has 0 saturated heterocycles. The molecule has 2 atom stereocenters. The highest BCUT2D eigenvalue weighted by Gasteiger charge is 2.09. The zero-order chi connectivity index (χ0) is 16.7. The van der Waals surface area contributed by atoms with E-state index in [1.165, 1.54) is 5.56 Å². The molecule has 0 unspecified atom stereocenters. The van der Waals surface area contributed by atoms with Gasteiger partial charge in [0.2, 0.25) is 5.91 Å². The van der Waals surface area contributed by atoms with Gasteiger partial charge in [-0.15, -0.1) is 0 Å². The summed E-state index contributed by atoms with van der Waals surface area (Å²) in [7, 11) is 0. The number of amides is 1.